The highest BCUT2D eigenvalue weighted by Crippen LogP contribution is 2.42. The van der Waals surface area contributed by atoms with Gasteiger partial charge in [0.15, 0.2) is 0 Å². The third-order valence-corrected chi connectivity index (χ3v) is 4.71. The van der Waals surface area contributed by atoms with Crippen molar-refractivity contribution in [1.29, 1.82) is 5.26 Å². The zero-order chi connectivity index (χ0) is 10.7. The van der Waals surface area contributed by atoms with E-state index in [2.05, 4.69) is 18.0 Å². The molecular formula is C10H11N3S2. The zero-order valence-corrected chi connectivity index (χ0v) is 10.0. The van der Waals surface area contributed by atoms with Gasteiger partial charge >= 0.3 is 0 Å². The highest BCUT2D eigenvalue weighted by molar-refractivity contribution is 8.23. The van der Waals surface area contributed by atoms with Crippen LogP contribution < -0.4 is 0 Å². The Hall–Kier alpha value is -0.860. The molecule has 0 N–H and O–H groups in total. The monoisotopic (exact) mass is 237 g/mol. The molecule has 0 amide bonds. The van der Waals surface area contributed by atoms with Crippen LogP contribution in [0.15, 0.2) is 23.0 Å². The SMILES string of the molecule is CC1CCS/C(=C(/C#N)n2ccnc2)S1. The summed E-state index contributed by atoms with van der Waals surface area (Å²) in [5.74, 6) is 1.10. The Morgan fingerprint density at radius 3 is 3.20 bits per heavy atom. The second-order valence-corrected chi connectivity index (χ2v) is 6.10. The van der Waals surface area contributed by atoms with Crippen molar-refractivity contribution in [2.45, 2.75) is 18.6 Å². The Bertz CT molecular complexity index is 403. The van der Waals surface area contributed by atoms with Crippen molar-refractivity contribution in [3.8, 4) is 6.07 Å². The molecule has 2 heterocycles. The summed E-state index contributed by atoms with van der Waals surface area (Å²) in [6, 6.07) is 2.26. The van der Waals surface area contributed by atoms with E-state index in [1.807, 2.05) is 6.20 Å². The Balaban J connectivity index is 2.32. The quantitative estimate of drug-likeness (QED) is 0.704. The Kier molecular flexibility index (Phi) is 3.39. The first kappa shape index (κ1) is 10.7. The summed E-state index contributed by atoms with van der Waals surface area (Å²) in [5, 5.41) is 9.76. The Morgan fingerprint density at radius 2 is 2.60 bits per heavy atom. The first-order chi connectivity index (χ1) is 7.31. The number of thioether (sulfide) groups is 2. The molecule has 3 nitrogen and oxygen atoms in total. The normalized spacial score (nSPS) is 24.7. The average molecular weight is 237 g/mol. The van der Waals surface area contributed by atoms with E-state index in [0.717, 1.165) is 9.99 Å². The van der Waals surface area contributed by atoms with Crippen LogP contribution in [0.2, 0.25) is 0 Å². The molecule has 1 unspecified atom stereocenters. The van der Waals surface area contributed by atoms with Gasteiger partial charge < -0.3 is 0 Å². The topological polar surface area (TPSA) is 41.6 Å². The fourth-order valence-corrected chi connectivity index (χ4v) is 4.29. The number of nitrogens with zero attached hydrogens (tertiary/aromatic N) is 3. The largest absolute Gasteiger partial charge is 0.296 e. The predicted octanol–water partition coefficient (Wildman–Crippen LogP) is 2.79. The molecule has 0 saturated carbocycles. The van der Waals surface area contributed by atoms with Gasteiger partial charge in [-0.3, -0.25) is 4.57 Å². The van der Waals surface area contributed by atoms with Gasteiger partial charge in [0.1, 0.15) is 11.8 Å². The second kappa shape index (κ2) is 4.77. The summed E-state index contributed by atoms with van der Waals surface area (Å²) in [4.78, 5) is 3.96. The summed E-state index contributed by atoms with van der Waals surface area (Å²) in [6.07, 6.45) is 6.39. The van der Waals surface area contributed by atoms with Crippen molar-refractivity contribution >= 4 is 29.2 Å². The summed E-state index contributed by atoms with van der Waals surface area (Å²) in [6.45, 7) is 2.20. The van der Waals surface area contributed by atoms with E-state index in [1.54, 1.807) is 40.6 Å². The van der Waals surface area contributed by atoms with Gasteiger partial charge in [0.25, 0.3) is 0 Å². The van der Waals surface area contributed by atoms with Crippen LogP contribution in [0, 0.1) is 11.3 Å². The lowest BCUT2D eigenvalue weighted by atomic mass is 10.4. The van der Waals surface area contributed by atoms with E-state index < -0.39 is 0 Å². The fourth-order valence-electron chi connectivity index (χ4n) is 1.32. The van der Waals surface area contributed by atoms with E-state index in [4.69, 9.17) is 5.26 Å². The molecule has 78 valence electrons. The molecule has 1 fully saturated rings. The van der Waals surface area contributed by atoms with Crippen molar-refractivity contribution in [3.05, 3.63) is 23.0 Å². The molecule has 0 aliphatic carbocycles. The lowest BCUT2D eigenvalue weighted by Crippen LogP contribution is -2.06. The smallest absolute Gasteiger partial charge is 0.145 e. The maximum absolute atomic E-state index is 9.15. The third kappa shape index (κ3) is 2.39. The predicted molar refractivity (Wildman–Crippen MR) is 65.2 cm³/mol. The molecule has 0 aromatic carbocycles. The summed E-state index contributed by atoms with van der Waals surface area (Å²) in [5.41, 5.74) is 0.703. The van der Waals surface area contributed by atoms with E-state index in [0.29, 0.717) is 10.9 Å². The Morgan fingerprint density at radius 1 is 1.73 bits per heavy atom. The number of rotatable bonds is 1. The van der Waals surface area contributed by atoms with Gasteiger partial charge in [-0.15, -0.1) is 23.5 Å². The minimum Gasteiger partial charge on any atom is -0.296 e. The van der Waals surface area contributed by atoms with Crippen molar-refractivity contribution < 1.29 is 0 Å². The highest BCUT2D eigenvalue weighted by atomic mass is 32.2. The van der Waals surface area contributed by atoms with Gasteiger partial charge in [0.2, 0.25) is 0 Å². The lowest BCUT2D eigenvalue weighted by molar-refractivity contribution is 0.917. The number of imidazole rings is 1. The van der Waals surface area contributed by atoms with Crippen LogP contribution in [0.25, 0.3) is 5.70 Å². The lowest BCUT2D eigenvalue weighted by Gasteiger charge is -2.20. The highest BCUT2D eigenvalue weighted by Gasteiger charge is 2.18. The van der Waals surface area contributed by atoms with Crippen molar-refractivity contribution in [2.24, 2.45) is 0 Å². The van der Waals surface area contributed by atoms with Crippen LogP contribution in [-0.4, -0.2) is 20.6 Å². The molecule has 1 atom stereocenters. The molecule has 0 spiro atoms. The van der Waals surface area contributed by atoms with Crippen molar-refractivity contribution in [1.82, 2.24) is 9.55 Å². The second-order valence-electron chi connectivity index (χ2n) is 3.28. The van der Waals surface area contributed by atoms with Gasteiger partial charge in [-0.2, -0.15) is 5.26 Å². The molecule has 15 heavy (non-hydrogen) atoms. The molecule has 2 rings (SSSR count). The molecule has 5 heteroatoms. The maximum atomic E-state index is 9.15. The van der Waals surface area contributed by atoms with Crippen LogP contribution in [0.4, 0.5) is 0 Å². The average Bonchev–Trinajstić information content (AvgIpc) is 2.72. The van der Waals surface area contributed by atoms with Gasteiger partial charge in [0.05, 0.1) is 10.6 Å². The van der Waals surface area contributed by atoms with Crippen LogP contribution >= 0.6 is 23.5 Å². The van der Waals surface area contributed by atoms with E-state index >= 15 is 0 Å². The molecule has 1 aliphatic rings. The van der Waals surface area contributed by atoms with Gasteiger partial charge in [-0.25, -0.2) is 4.98 Å². The van der Waals surface area contributed by atoms with E-state index in [1.165, 1.54) is 6.42 Å². The molecule has 1 aromatic rings. The van der Waals surface area contributed by atoms with Crippen molar-refractivity contribution in [3.63, 3.8) is 0 Å². The third-order valence-electron chi connectivity index (χ3n) is 2.13. The van der Waals surface area contributed by atoms with Crippen LogP contribution in [0.3, 0.4) is 0 Å². The van der Waals surface area contributed by atoms with Crippen molar-refractivity contribution in [2.75, 3.05) is 5.75 Å². The summed E-state index contributed by atoms with van der Waals surface area (Å²) >= 11 is 3.56. The molecule has 1 aliphatic heterocycles. The minimum atomic E-state index is 0.605. The van der Waals surface area contributed by atoms with Gasteiger partial charge in [-0.05, 0) is 12.2 Å². The molecular weight excluding hydrogens is 226 g/mol. The minimum absolute atomic E-state index is 0.605. The first-order valence-electron chi connectivity index (χ1n) is 4.73. The number of nitriles is 1. The number of allylic oxidation sites excluding steroid dienone is 1. The Labute approximate surface area is 97.6 Å². The molecule has 0 radical (unpaired) electrons. The summed E-state index contributed by atoms with van der Waals surface area (Å²) in [7, 11) is 0. The number of hydrogen-bond acceptors (Lipinski definition) is 4. The van der Waals surface area contributed by atoms with Gasteiger partial charge in [0, 0.05) is 17.6 Å². The van der Waals surface area contributed by atoms with Gasteiger partial charge in [-0.1, -0.05) is 6.92 Å². The maximum Gasteiger partial charge on any atom is 0.145 e. The summed E-state index contributed by atoms with van der Waals surface area (Å²) < 4.78 is 2.90. The first-order valence-corrected chi connectivity index (χ1v) is 6.60. The van der Waals surface area contributed by atoms with Crippen LogP contribution in [0.1, 0.15) is 13.3 Å². The standard InChI is InChI=1S/C10H11N3S2/c1-8-2-5-14-10(15-8)9(6-11)13-4-3-12-7-13/h3-4,7-8H,2,5H2,1H3/b10-9+. The zero-order valence-electron chi connectivity index (χ0n) is 8.38. The fraction of sp³-hybridized carbons (Fsp3) is 0.400. The van der Waals surface area contributed by atoms with Crippen LogP contribution in [-0.2, 0) is 0 Å². The molecule has 0 bridgehead atoms. The number of hydrogen-bond donors (Lipinski definition) is 0. The number of aromatic nitrogens is 2. The molecule has 1 aromatic heterocycles. The van der Waals surface area contributed by atoms with E-state index in [9.17, 15) is 0 Å². The van der Waals surface area contributed by atoms with E-state index in [-0.39, 0.29) is 0 Å². The molecule has 1 saturated heterocycles. The van der Waals surface area contributed by atoms with Crippen LogP contribution in [0.5, 0.6) is 0 Å².